The van der Waals surface area contributed by atoms with Crippen molar-refractivity contribution in [2.24, 2.45) is 0 Å². The lowest BCUT2D eigenvalue weighted by atomic mass is 10.1. The molecule has 6 nitrogen and oxygen atoms in total. The number of fused-ring (bicyclic) bond motifs is 1. The number of hydrogen-bond acceptors (Lipinski definition) is 5. The van der Waals surface area contributed by atoms with Crippen molar-refractivity contribution in [3.05, 3.63) is 59.7 Å². The van der Waals surface area contributed by atoms with Gasteiger partial charge in [-0.15, -0.1) is 0 Å². The summed E-state index contributed by atoms with van der Waals surface area (Å²) in [6.45, 7) is 5.75. The molecule has 0 fully saturated rings. The molecule has 8 heteroatoms. The molecule has 0 spiro atoms. The second-order valence-corrected chi connectivity index (χ2v) is 10.9. The summed E-state index contributed by atoms with van der Waals surface area (Å²) in [5.74, 6) is -0.101. The third-order valence-electron chi connectivity index (χ3n) is 4.73. The molecule has 1 N–H and O–H groups in total. The van der Waals surface area contributed by atoms with Gasteiger partial charge in [-0.1, -0.05) is 29.5 Å². The van der Waals surface area contributed by atoms with Gasteiger partial charge in [0.15, 0.2) is 0 Å². The number of carbonyl (C=O) groups is 1. The SMILES string of the molecule is Cc1ccc(NC(=O)C(C)Sc2cc(C)c3cc(S(=O)(=O)N(C)C)ccc3n2)cc1. The van der Waals surface area contributed by atoms with Gasteiger partial charge in [0, 0.05) is 25.2 Å². The standard InChI is InChI=1S/C22H25N3O3S2/c1-14-6-8-17(9-7-14)23-22(26)16(3)29-21-12-15(2)19-13-18(10-11-20(19)24-21)30(27,28)25(4)5/h6-13,16H,1-5H3,(H,23,26). The normalized spacial score (nSPS) is 12.9. The number of aromatic nitrogens is 1. The van der Waals surface area contributed by atoms with E-state index in [9.17, 15) is 13.2 Å². The van der Waals surface area contributed by atoms with Gasteiger partial charge >= 0.3 is 0 Å². The van der Waals surface area contributed by atoms with E-state index in [2.05, 4.69) is 10.3 Å². The fourth-order valence-corrected chi connectivity index (χ4v) is 4.74. The first kappa shape index (κ1) is 22.3. The molecule has 2 aromatic carbocycles. The number of hydrogen-bond donors (Lipinski definition) is 1. The molecule has 0 bridgehead atoms. The highest BCUT2D eigenvalue weighted by Gasteiger charge is 2.19. The molecule has 1 unspecified atom stereocenters. The first-order chi connectivity index (χ1) is 14.1. The third kappa shape index (κ3) is 4.83. The number of anilines is 1. The first-order valence-corrected chi connectivity index (χ1v) is 11.8. The van der Waals surface area contributed by atoms with Crippen LogP contribution in [0.4, 0.5) is 5.69 Å². The lowest BCUT2D eigenvalue weighted by Crippen LogP contribution is -2.22. The fourth-order valence-electron chi connectivity index (χ4n) is 2.89. The monoisotopic (exact) mass is 443 g/mol. The molecule has 1 aromatic heterocycles. The number of thioether (sulfide) groups is 1. The van der Waals surface area contributed by atoms with E-state index < -0.39 is 10.0 Å². The molecule has 3 rings (SSSR count). The topological polar surface area (TPSA) is 79.4 Å². The number of nitrogens with one attached hydrogen (secondary N) is 1. The highest BCUT2D eigenvalue weighted by atomic mass is 32.2. The fraction of sp³-hybridized carbons (Fsp3) is 0.273. The van der Waals surface area contributed by atoms with Crippen LogP contribution in [0.25, 0.3) is 10.9 Å². The van der Waals surface area contributed by atoms with Crippen LogP contribution in [0.3, 0.4) is 0 Å². The number of pyridine rings is 1. The van der Waals surface area contributed by atoms with E-state index in [0.717, 1.165) is 27.2 Å². The van der Waals surface area contributed by atoms with Crippen LogP contribution >= 0.6 is 11.8 Å². The molecule has 1 atom stereocenters. The Labute approximate surface area is 181 Å². The van der Waals surface area contributed by atoms with Crippen molar-refractivity contribution in [1.82, 2.24) is 9.29 Å². The zero-order valence-electron chi connectivity index (χ0n) is 17.6. The van der Waals surface area contributed by atoms with Gasteiger partial charge in [0.1, 0.15) is 0 Å². The highest BCUT2D eigenvalue weighted by molar-refractivity contribution is 8.00. The molecule has 158 valence electrons. The van der Waals surface area contributed by atoms with Crippen molar-refractivity contribution in [3.63, 3.8) is 0 Å². The Bertz CT molecular complexity index is 1190. The zero-order valence-corrected chi connectivity index (χ0v) is 19.3. The summed E-state index contributed by atoms with van der Waals surface area (Å²) in [5, 5.41) is 4.07. The van der Waals surface area contributed by atoms with Crippen LogP contribution in [0.1, 0.15) is 18.1 Å². The van der Waals surface area contributed by atoms with Gasteiger partial charge in [-0.3, -0.25) is 4.79 Å². The summed E-state index contributed by atoms with van der Waals surface area (Å²) in [5.41, 5.74) is 3.49. The number of rotatable bonds is 6. The number of amides is 1. The van der Waals surface area contributed by atoms with Crippen LogP contribution in [0.5, 0.6) is 0 Å². The summed E-state index contributed by atoms with van der Waals surface area (Å²) >= 11 is 1.37. The summed E-state index contributed by atoms with van der Waals surface area (Å²) in [4.78, 5) is 17.4. The molecule has 3 aromatic rings. The van der Waals surface area contributed by atoms with Crippen LogP contribution in [-0.4, -0.2) is 43.0 Å². The van der Waals surface area contributed by atoms with Gasteiger partial charge in [0.05, 0.1) is 20.7 Å². The van der Waals surface area contributed by atoms with E-state index in [1.54, 1.807) is 18.2 Å². The Morgan fingerprint density at radius 2 is 1.73 bits per heavy atom. The molecule has 30 heavy (non-hydrogen) atoms. The van der Waals surface area contributed by atoms with Gasteiger partial charge < -0.3 is 5.32 Å². The van der Waals surface area contributed by atoms with E-state index in [1.807, 2.05) is 51.1 Å². The Balaban J connectivity index is 1.81. The average molecular weight is 444 g/mol. The van der Waals surface area contributed by atoms with Gasteiger partial charge in [-0.25, -0.2) is 17.7 Å². The smallest absolute Gasteiger partial charge is 0.242 e. The maximum Gasteiger partial charge on any atom is 0.242 e. The lowest BCUT2D eigenvalue weighted by molar-refractivity contribution is -0.115. The van der Waals surface area contributed by atoms with Crippen molar-refractivity contribution in [2.45, 2.75) is 35.9 Å². The minimum atomic E-state index is -3.51. The summed E-state index contributed by atoms with van der Waals surface area (Å²) in [7, 11) is -0.496. The molecule has 1 amide bonds. The molecule has 0 saturated heterocycles. The van der Waals surface area contributed by atoms with E-state index >= 15 is 0 Å². The van der Waals surface area contributed by atoms with Crippen molar-refractivity contribution >= 4 is 44.3 Å². The largest absolute Gasteiger partial charge is 0.325 e. The van der Waals surface area contributed by atoms with E-state index in [-0.39, 0.29) is 16.1 Å². The molecule has 0 aliphatic carbocycles. The number of nitrogens with zero attached hydrogens (tertiary/aromatic N) is 2. The summed E-state index contributed by atoms with van der Waals surface area (Å²) in [6, 6.07) is 14.5. The predicted octanol–water partition coefficient (Wildman–Crippen LogP) is 4.22. The summed E-state index contributed by atoms with van der Waals surface area (Å²) < 4.78 is 26.0. The quantitative estimate of drug-likeness (QED) is 0.577. The second kappa shape index (κ2) is 8.75. The molecular weight excluding hydrogens is 418 g/mol. The minimum Gasteiger partial charge on any atom is -0.325 e. The number of benzene rings is 2. The van der Waals surface area contributed by atoms with Crippen molar-refractivity contribution in [3.8, 4) is 0 Å². The van der Waals surface area contributed by atoms with Crippen LogP contribution in [0, 0.1) is 13.8 Å². The van der Waals surface area contributed by atoms with Crippen molar-refractivity contribution in [1.29, 1.82) is 0 Å². The van der Waals surface area contributed by atoms with Crippen molar-refractivity contribution < 1.29 is 13.2 Å². The van der Waals surface area contributed by atoms with Crippen LogP contribution < -0.4 is 5.32 Å². The maximum atomic E-state index is 12.5. The number of carbonyl (C=O) groups excluding carboxylic acids is 1. The summed E-state index contributed by atoms with van der Waals surface area (Å²) in [6.07, 6.45) is 0. The first-order valence-electron chi connectivity index (χ1n) is 9.46. The molecule has 0 radical (unpaired) electrons. The van der Waals surface area contributed by atoms with Gasteiger partial charge in [-0.05, 0) is 62.7 Å². The number of aryl methyl sites for hydroxylation is 2. The van der Waals surface area contributed by atoms with E-state index in [4.69, 9.17) is 0 Å². The van der Waals surface area contributed by atoms with Crippen LogP contribution in [0.2, 0.25) is 0 Å². The van der Waals surface area contributed by atoms with Gasteiger partial charge in [0.25, 0.3) is 0 Å². The Morgan fingerprint density at radius 1 is 1.07 bits per heavy atom. The maximum absolute atomic E-state index is 12.5. The van der Waals surface area contributed by atoms with Crippen LogP contribution in [-0.2, 0) is 14.8 Å². The van der Waals surface area contributed by atoms with Gasteiger partial charge in [0.2, 0.25) is 15.9 Å². The van der Waals surface area contributed by atoms with Crippen molar-refractivity contribution in [2.75, 3.05) is 19.4 Å². The Kier molecular flexibility index (Phi) is 6.50. The van der Waals surface area contributed by atoms with E-state index in [1.165, 1.54) is 30.2 Å². The van der Waals surface area contributed by atoms with Gasteiger partial charge in [-0.2, -0.15) is 0 Å². The molecule has 0 saturated carbocycles. The Morgan fingerprint density at radius 3 is 2.37 bits per heavy atom. The number of sulfonamides is 1. The highest BCUT2D eigenvalue weighted by Crippen LogP contribution is 2.29. The average Bonchev–Trinajstić information content (AvgIpc) is 2.69. The molecule has 0 aliphatic rings. The second-order valence-electron chi connectivity index (χ2n) is 7.36. The van der Waals surface area contributed by atoms with E-state index in [0.29, 0.717) is 5.52 Å². The molecule has 1 heterocycles. The molecule has 0 aliphatic heterocycles. The Hall–Kier alpha value is -2.42. The van der Waals surface area contributed by atoms with Crippen LogP contribution in [0.15, 0.2) is 58.5 Å². The predicted molar refractivity (Wildman–Crippen MR) is 122 cm³/mol. The molecular formula is C22H25N3O3S2. The minimum absolute atomic E-state index is 0.101. The third-order valence-corrected chi connectivity index (χ3v) is 7.56. The lowest BCUT2D eigenvalue weighted by Gasteiger charge is -2.14. The zero-order chi connectivity index (χ0) is 22.1.